The number of anilines is 1. The summed E-state index contributed by atoms with van der Waals surface area (Å²) in [4.78, 5) is 40.9. The number of rotatable bonds is 6. The molecule has 2 heterocycles. The Morgan fingerprint density at radius 2 is 1.78 bits per heavy atom. The summed E-state index contributed by atoms with van der Waals surface area (Å²) >= 11 is 6.07. The minimum Gasteiger partial charge on any atom is -0.462 e. The maximum absolute atomic E-state index is 13.9. The van der Waals surface area contributed by atoms with Gasteiger partial charge >= 0.3 is 5.97 Å². The lowest BCUT2D eigenvalue weighted by molar-refractivity contribution is 0.0499. The summed E-state index contributed by atoms with van der Waals surface area (Å²) in [6.45, 7) is 2.33. The highest BCUT2D eigenvalue weighted by Gasteiger charge is 2.43. The van der Waals surface area contributed by atoms with Crippen LogP contribution < -0.4 is 10.3 Å². The SMILES string of the molecule is CCCCOC(=O)c1ccc(N2C(=O)c3oc4ccc(F)cc4c(=O)c3C2c2ccc(Cl)cc2)cc1. The van der Waals surface area contributed by atoms with Crippen molar-refractivity contribution in [2.75, 3.05) is 11.5 Å². The zero-order chi connectivity index (χ0) is 25.4. The fraction of sp³-hybridized carbons (Fsp3) is 0.179. The van der Waals surface area contributed by atoms with Gasteiger partial charge in [-0.2, -0.15) is 0 Å². The van der Waals surface area contributed by atoms with Crippen LogP contribution in [0.3, 0.4) is 0 Å². The standard InChI is InChI=1S/C28H21ClFNO5/c1-2-3-14-35-28(34)17-6-11-20(12-7-17)31-24(16-4-8-18(29)9-5-16)23-25(32)21-15-19(30)10-13-22(21)36-26(23)27(31)33/h4-13,15,24H,2-3,14H2,1H3. The smallest absolute Gasteiger partial charge is 0.338 e. The second kappa shape index (κ2) is 9.59. The molecule has 1 unspecified atom stereocenters. The third-order valence-corrected chi connectivity index (χ3v) is 6.38. The molecule has 4 aromatic rings. The summed E-state index contributed by atoms with van der Waals surface area (Å²) in [5.41, 5.74) is 1.16. The summed E-state index contributed by atoms with van der Waals surface area (Å²) in [7, 11) is 0. The van der Waals surface area contributed by atoms with E-state index >= 15 is 0 Å². The number of unbranched alkanes of at least 4 members (excludes halogenated alkanes) is 1. The fourth-order valence-corrected chi connectivity index (χ4v) is 4.45. The number of fused-ring (bicyclic) bond motifs is 2. The first kappa shape index (κ1) is 23.8. The minimum absolute atomic E-state index is 0.0486. The number of carbonyl (C=O) groups excluding carboxylic acids is 2. The lowest BCUT2D eigenvalue weighted by Crippen LogP contribution is -2.29. The summed E-state index contributed by atoms with van der Waals surface area (Å²) in [5.74, 6) is -1.67. The minimum atomic E-state index is -0.837. The number of nitrogens with zero attached hydrogens (tertiary/aromatic N) is 1. The highest BCUT2D eigenvalue weighted by atomic mass is 35.5. The normalized spacial score (nSPS) is 14.8. The van der Waals surface area contributed by atoms with Crippen LogP contribution >= 0.6 is 11.6 Å². The molecule has 5 rings (SSSR count). The van der Waals surface area contributed by atoms with Crippen molar-refractivity contribution >= 4 is 40.1 Å². The molecule has 1 aliphatic heterocycles. The van der Waals surface area contributed by atoms with Crippen molar-refractivity contribution in [1.29, 1.82) is 0 Å². The summed E-state index contributed by atoms with van der Waals surface area (Å²) in [6, 6.07) is 15.9. The van der Waals surface area contributed by atoms with Crippen molar-refractivity contribution in [2.24, 2.45) is 0 Å². The molecule has 1 amide bonds. The van der Waals surface area contributed by atoms with Crippen LogP contribution in [-0.2, 0) is 4.74 Å². The molecular formula is C28H21ClFNO5. The van der Waals surface area contributed by atoms with Gasteiger partial charge in [-0.15, -0.1) is 0 Å². The van der Waals surface area contributed by atoms with Crippen LogP contribution in [0.5, 0.6) is 0 Å². The molecule has 1 aliphatic rings. The predicted molar refractivity (Wildman–Crippen MR) is 134 cm³/mol. The van der Waals surface area contributed by atoms with Crippen molar-refractivity contribution < 1.29 is 23.1 Å². The van der Waals surface area contributed by atoms with Crippen LogP contribution in [-0.4, -0.2) is 18.5 Å². The Morgan fingerprint density at radius 3 is 2.47 bits per heavy atom. The molecule has 0 N–H and O–H groups in total. The van der Waals surface area contributed by atoms with E-state index in [1.165, 1.54) is 17.0 Å². The van der Waals surface area contributed by atoms with E-state index in [-0.39, 0.29) is 22.3 Å². The van der Waals surface area contributed by atoms with Gasteiger partial charge in [0.15, 0.2) is 5.43 Å². The van der Waals surface area contributed by atoms with Gasteiger partial charge in [-0.05, 0) is 66.6 Å². The Labute approximate surface area is 210 Å². The van der Waals surface area contributed by atoms with E-state index in [4.69, 9.17) is 20.8 Å². The quantitative estimate of drug-likeness (QED) is 0.227. The third kappa shape index (κ3) is 4.16. The molecule has 0 spiro atoms. The molecule has 0 bridgehead atoms. The third-order valence-electron chi connectivity index (χ3n) is 6.13. The largest absolute Gasteiger partial charge is 0.462 e. The van der Waals surface area contributed by atoms with Crippen LogP contribution in [0.25, 0.3) is 11.0 Å². The number of hydrogen-bond donors (Lipinski definition) is 0. The molecule has 0 radical (unpaired) electrons. The van der Waals surface area contributed by atoms with Gasteiger partial charge in [0.25, 0.3) is 5.91 Å². The predicted octanol–water partition coefficient (Wildman–Crippen LogP) is 6.29. The molecule has 6 nitrogen and oxygen atoms in total. The Bertz CT molecular complexity index is 1530. The highest BCUT2D eigenvalue weighted by Crippen LogP contribution is 2.41. The Balaban J connectivity index is 1.62. The van der Waals surface area contributed by atoms with Gasteiger partial charge in [0, 0.05) is 10.7 Å². The number of ether oxygens (including phenoxy) is 1. The summed E-state index contributed by atoms with van der Waals surface area (Å²) < 4.78 is 25.0. The second-order valence-electron chi connectivity index (χ2n) is 8.48. The van der Waals surface area contributed by atoms with Crippen LogP contribution in [0.2, 0.25) is 5.02 Å². The number of esters is 1. The zero-order valence-corrected chi connectivity index (χ0v) is 20.0. The number of halogens is 2. The molecule has 0 saturated carbocycles. The lowest BCUT2D eigenvalue weighted by atomic mass is 9.98. The van der Waals surface area contributed by atoms with Crippen molar-refractivity contribution in [2.45, 2.75) is 25.8 Å². The first-order valence-corrected chi connectivity index (χ1v) is 11.9. The van der Waals surface area contributed by atoms with Gasteiger partial charge in [-0.1, -0.05) is 37.1 Å². The van der Waals surface area contributed by atoms with Gasteiger partial charge in [0.1, 0.15) is 11.4 Å². The van der Waals surface area contributed by atoms with Crippen molar-refractivity contribution in [3.05, 3.63) is 110 Å². The van der Waals surface area contributed by atoms with Gasteiger partial charge in [-0.25, -0.2) is 9.18 Å². The highest BCUT2D eigenvalue weighted by molar-refractivity contribution is 6.30. The van der Waals surface area contributed by atoms with Gasteiger partial charge in [-0.3, -0.25) is 14.5 Å². The number of benzene rings is 3. The molecule has 182 valence electrons. The van der Waals surface area contributed by atoms with Crippen molar-refractivity contribution in [1.82, 2.24) is 0 Å². The van der Waals surface area contributed by atoms with Crippen LogP contribution in [0.15, 0.2) is 75.9 Å². The maximum Gasteiger partial charge on any atom is 0.338 e. The zero-order valence-electron chi connectivity index (χ0n) is 19.3. The van der Waals surface area contributed by atoms with Gasteiger partial charge in [0.2, 0.25) is 5.76 Å². The summed E-state index contributed by atoms with van der Waals surface area (Å²) in [5, 5.41) is 0.543. The number of hydrogen-bond acceptors (Lipinski definition) is 5. The van der Waals surface area contributed by atoms with Gasteiger partial charge < -0.3 is 9.15 Å². The molecule has 0 saturated heterocycles. The van der Waals surface area contributed by atoms with Crippen molar-refractivity contribution in [3.8, 4) is 0 Å². The Kier molecular flexibility index (Phi) is 6.33. The molecule has 36 heavy (non-hydrogen) atoms. The molecule has 0 fully saturated rings. The second-order valence-corrected chi connectivity index (χ2v) is 8.92. The van der Waals surface area contributed by atoms with Crippen LogP contribution in [0, 0.1) is 5.82 Å². The molecule has 8 heteroatoms. The van der Waals surface area contributed by atoms with E-state index in [9.17, 15) is 18.8 Å². The fourth-order valence-electron chi connectivity index (χ4n) is 4.32. The lowest BCUT2D eigenvalue weighted by Gasteiger charge is -2.25. The van der Waals surface area contributed by atoms with E-state index in [2.05, 4.69) is 0 Å². The Hall–Kier alpha value is -3.97. The first-order valence-electron chi connectivity index (χ1n) is 11.5. The first-order chi connectivity index (χ1) is 17.4. The van der Waals surface area contributed by atoms with Crippen LogP contribution in [0.4, 0.5) is 10.1 Å². The van der Waals surface area contributed by atoms with Gasteiger partial charge in [0.05, 0.1) is 29.2 Å². The van der Waals surface area contributed by atoms with Crippen molar-refractivity contribution in [3.63, 3.8) is 0 Å². The van der Waals surface area contributed by atoms with E-state index < -0.39 is 29.2 Å². The van der Waals surface area contributed by atoms with E-state index in [1.807, 2.05) is 6.92 Å². The average molecular weight is 506 g/mol. The van der Waals surface area contributed by atoms with E-state index in [0.29, 0.717) is 28.4 Å². The number of amides is 1. The molecule has 1 aromatic heterocycles. The number of carbonyl (C=O) groups is 2. The monoisotopic (exact) mass is 505 g/mol. The van der Waals surface area contributed by atoms with Crippen LogP contribution in [0.1, 0.15) is 57.8 Å². The average Bonchev–Trinajstić information content (AvgIpc) is 3.17. The molecule has 3 aromatic carbocycles. The molecule has 0 aliphatic carbocycles. The molecular weight excluding hydrogens is 485 g/mol. The molecule has 1 atom stereocenters. The van der Waals surface area contributed by atoms with E-state index in [0.717, 1.165) is 18.9 Å². The topological polar surface area (TPSA) is 76.8 Å². The maximum atomic E-state index is 13.9. The van der Waals surface area contributed by atoms with E-state index in [1.54, 1.807) is 48.5 Å². The summed E-state index contributed by atoms with van der Waals surface area (Å²) in [6.07, 6.45) is 1.68. The Morgan fingerprint density at radius 1 is 1.06 bits per heavy atom.